The quantitative estimate of drug-likeness (QED) is 0.478. The molecule has 3 nitrogen and oxygen atoms in total. The van der Waals surface area contributed by atoms with Crippen molar-refractivity contribution in [3.63, 3.8) is 0 Å². The van der Waals surface area contributed by atoms with E-state index in [-0.39, 0.29) is 0 Å². The zero-order valence-corrected chi connectivity index (χ0v) is 9.71. The van der Waals surface area contributed by atoms with Gasteiger partial charge in [-0.2, -0.15) is 0 Å². The second kappa shape index (κ2) is 5.48. The Labute approximate surface area is 102 Å². The van der Waals surface area contributed by atoms with E-state index < -0.39 is 0 Å². The number of hydrogen-bond donors (Lipinski definition) is 2. The molecule has 0 aliphatic carbocycles. The molecule has 0 radical (unpaired) electrons. The first-order valence-corrected chi connectivity index (χ1v) is 5.62. The van der Waals surface area contributed by atoms with Crippen molar-refractivity contribution in [2.45, 2.75) is 13.1 Å². The maximum Gasteiger partial charge on any atom is 0.0383 e. The first-order chi connectivity index (χ1) is 8.24. The Balaban J connectivity index is 1.93. The topological polar surface area (TPSA) is 55.3 Å². The van der Waals surface area contributed by atoms with Gasteiger partial charge >= 0.3 is 0 Å². The van der Waals surface area contributed by atoms with Crippen LogP contribution in [0.5, 0.6) is 0 Å². The molecule has 3 heteroatoms. The van der Waals surface area contributed by atoms with Gasteiger partial charge in [0.1, 0.15) is 0 Å². The van der Waals surface area contributed by atoms with Crippen LogP contribution in [0.1, 0.15) is 11.1 Å². The molecule has 2 rings (SSSR count). The van der Waals surface area contributed by atoms with Crippen molar-refractivity contribution >= 4 is 5.69 Å². The molecule has 0 fully saturated rings. The van der Waals surface area contributed by atoms with E-state index in [1.165, 1.54) is 5.56 Å². The highest BCUT2D eigenvalue weighted by atomic mass is 15.4. The third kappa shape index (κ3) is 3.59. The highest BCUT2D eigenvalue weighted by molar-refractivity contribution is 5.39. The lowest BCUT2D eigenvalue weighted by molar-refractivity contribution is 0.266. The third-order valence-corrected chi connectivity index (χ3v) is 2.59. The number of nitrogen functional groups attached to an aromatic ring is 1. The van der Waals surface area contributed by atoms with Crippen LogP contribution in [-0.2, 0) is 13.1 Å². The van der Waals surface area contributed by atoms with E-state index in [4.69, 9.17) is 11.6 Å². The molecule has 0 saturated carbocycles. The molecule has 2 aromatic carbocycles. The van der Waals surface area contributed by atoms with E-state index in [2.05, 4.69) is 12.1 Å². The number of hydrazine groups is 1. The van der Waals surface area contributed by atoms with Crippen LogP contribution < -0.4 is 11.6 Å². The lowest BCUT2D eigenvalue weighted by atomic mass is 10.2. The van der Waals surface area contributed by atoms with Gasteiger partial charge in [0.25, 0.3) is 0 Å². The molecule has 0 unspecified atom stereocenters. The number of nitrogens with zero attached hydrogens (tertiary/aromatic N) is 1. The van der Waals surface area contributed by atoms with Crippen LogP contribution in [0.3, 0.4) is 0 Å². The highest BCUT2D eigenvalue weighted by Crippen LogP contribution is 2.09. The van der Waals surface area contributed by atoms with E-state index in [1.807, 2.05) is 42.5 Å². The van der Waals surface area contributed by atoms with Crippen molar-refractivity contribution in [1.29, 1.82) is 0 Å². The van der Waals surface area contributed by atoms with Gasteiger partial charge in [-0.3, -0.25) is 5.84 Å². The lowest BCUT2D eigenvalue weighted by Gasteiger charge is -2.16. The predicted octanol–water partition coefficient (Wildman–Crippen LogP) is 2.14. The average Bonchev–Trinajstić information content (AvgIpc) is 2.33. The largest absolute Gasteiger partial charge is 0.399 e. The minimum absolute atomic E-state index is 0.717. The normalized spacial score (nSPS) is 10.7. The summed E-state index contributed by atoms with van der Waals surface area (Å²) in [5.41, 5.74) is 8.79. The second-order valence-corrected chi connectivity index (χ2v) is 4.13. The van der Waals surface area contributed by atoms with Gasteiger partial charge < -0.3 is 5.73 Å². The van der Waals surface area contributed by atoms with Crippen molar-refractivity contribution in [2.24, 2.45) is 5.84 Å². The minimum Gasteiger partial charge on any atom is -0.399 e. The zero-order chi connectivity index (χ0) is 12.1. The Morgan fingerprint density at radius 1 is 0.765 bits per heavy atom. The third-order valence-electron chi connectivity index (χ3n) is 2.59. The summed E-state index contributed by atoms with van der Waals surface area (Å²) in [5, 5.41) is 1.79. The summed E-state index contributed by atoms with van der Waals surface area (Å²) in [6.07, 6.45) is 0. The average molecular weight is 227 g/mol. The maximum atomic E-state index is 5.98. The molecule has 17 heavy (non-hydrogen) atoms. The SMILES string of the molecule is Nc1ccc(CN(N)Cc2ccccc2)cc1. The summed E-state index contributed by atoms with van der Waals surface area (Å²) >= 11 is 0. The summed E-state index contributed by atoms with van der Waals surface area (Å²) < 4.78 is 0. The zero-order valence-electron chi connectivity index (χ0n) is 9.71. The van der Waals surface area contributed by atoms with Gasteiger partial charge in [0.15, 0.2) is 0 Å². The van der Waals surface area contributed by atoms with Crippen LogP contribution >= 0.6 is 0 Å². The molecule has 0 aliphatic rings. The van der Waals surface area contributed by atoms with Crippen LogP contribution in [0, 0.1) is 0 Å². The Morgan fingerprint density at radius 3 is 1.88 bits per heavy atom. The first-order valence-electron chi connectivity index (χ1n) is 5.62. The molecule has 0 atom stereocenters. The molecular weight excluding hydrogens is 210 g/mol. The fraction of sp³-hybridized carbons (Fsp3) is 0.143. The molecule has 0 saturated heterocycles. The molecule has 88 valence electrons. The van der Waals surface area contributed by atoms with Crippen molar-refractivity contribution in [2.75, 3.05) is 5.73 Å². The Hall–Kier alpha value is -1.84. The maximum absolute atomic E-state index is 5.98. The number of benzene rings is 2. The van der Waals surface area contributed by atoms with Crippen molar-refractivity contribution in [3.05, 3.63) is 65.7 Å². The molecule has 2 aromatic rings. The van der Waals surface area contributed by atoms with Gasteiger partial charge in [-0.15, -0.1) is 0 Å². The van der Waals surface area contributed by atoms with Crippen LogP contribution in [0.2, 0.25) is 0 Å². The van der Waals surface area contributed by atoms with Gasteiger partial charge in [0.2, 0.25) is 0 Å². The molecule has 0 bridgehead atoms. The summed E-state index contributed by atoms with van der Waals surface area (Å²) in [4.78, 5) is 0. The van der Waals surface area contributed by atoms with Gasteiger partial charge in [-0.25, -0.2) is 5.01 Å². The lowest BCUT2D eigenvalue weighted by Crippen LogP contribution is -2.29. The highest BCUT2D eigenvalue weighted by Gasteiger charge is 2.01. The molecule has 0 aliphatic heterocycles. The van der Waals surface area contributed by atoms with E-state index in [0.717, 1.165) is 24.3 Å². The molecule has 0 amide bonds. The van der Waals surface area contributed by atoms with Crippen LogP contribution in [-0.4, -0.2) is 5.01 Å². The summed E-state index contributed by atoms with van der Waals surface area (Å²) in [6, 6.07) is 18.0. The fourth-order valence-electron chi connectivity index (χ4n) is 1.73. The Kier molecular flexibility index (Phi) is 3.75. The monoisotopic (exact) mass is 227 g/mol. The summed E-state index contributed by atoms with van der Waals surface area (Å²) in [7, 11) is 0. The van der Waals surface area contributed by atoms with E-state index in [9.17, 15) is 0 Å². The molecular formula is C14H17N3. The first kappa shape index (κ1) is 11.6. The van der Waals surface area contributed by atoms with Crippen molar-refractivity contribution < 1.29 is 0 Å². The molecule has 4 N–H and O–H groups in total. The van der Waals surface area contributed by atoms with Crippen LogP contribution in [0.4, 0.5) is 5.69 Å². The van der Waals surface area contributed by atoms with Crippen LogP contribution in [0.15, 0.2) is 54.6 Å². The number of nitrogens with two attached hydrogens (primary N) is 2. The summed E-state index contributed by atoms with van der Waals surface area (Å²) in [5.74, 6) is 5.98. The fourth-order valence-corrected chi connectivity index (χ4v) is 1.73. The Bertz CT molecular complexity index is 451. The smallest absolute Gasteiger partial charge is 0.0383 e. The van der Waals surface area contributed by atoms with Crippen LogP contribution in [0.25, 0.3) is 0 Å². The van der Waals surface area contributed by atoms with Gasteiger partial charge in [-0.05, 0) is 23.3 Å². The van der Waals surface area contributed by atoms with Gasteiger partial charge in [0.05, 0.1) is 0 Å². The van der Waals surface area contributed by atoms with Gasteiger partial charge in [-0.1, -0.05) is 42.5 Å². The standard InChI is InChI=1S/C14H17N3/c15-14-8-6-13(7-9-14)11-17(16)10-12-4-2-1-3-5-12/h1-9H,10-11,15-16H2. The molecule has 0 spiro atoms. The molecule has 0 aromatic heterocycles. The molecule has 0 heterocycles. The van der Waals surface area contributed by atoms with Crippen molar-refractivity contribution in [3.8, 4) is 0 Å². The van der Waals surface area contributed by atoms with E-state index in [0.29, 0.717) is 0 Å². The van der Waals surface area contributed by atoms with E-state index >= 15 is 0 Å². The Morgan fingerprint density at radius 2 is 1.29 bits per heavy atom. The predicted molar refractivity (Wildman–Crippen MR) is 70.7 cm³/mol. The summed E-state index contributed by atoms with van der Waals surface area (Å²) in [6.45, 7) is 1.46. The van der Waals surface area contributed by atoms with E-state index in [1.54, 1.807) is 5.01 Å². The van der Waals surface area contributed by atoms with Crippen molar-refractivity contribution in [1.82, 2.24) is 5.01 Å². The number of rotatable bonds is 4. The second-order valence-electron chi connectivity index (χ2n) is 4.13. The van der Waals surface area contributed by atoms with Gasteiger partial charge in [0, 0.05) is 18.8 Å². The number of anilines is 1. The minimum atomic E-state index is 0.717. The number of hydrogen-bond acceptors (Lipinski definition) is 3.